The van der Waals surface area contributed by atoms with E-state index in [0.29, 0.717) is 16.8 Å². The highest BCUT2D eigenvalue weighted by molar-refractivity contribution is 8.14. The van der Waals surface area contributed by atoms with Gasteiger partial charge in [0.05, 0.1) is 18.1 Å². The third-order valence-electron chi connectivity index (χ3n) is 4.09. The third kappa shape index (κ3) is 2.16. The van der Waals surface area contributed by atoms with Crippen molar-refractivity contribution in [3.05, 3.63) is 70.8 Å². The minimum atomic E-state index is -0.301. The molecule has 0 spiro atoms. The van der Waals surface area contributed by atoms with E-state index in [-0.39, 0.29) is 16.3 Å². The van der Waals surface area contributed by atoms with Gasteiger partial charge in [0.15, 0.2) is 5.78 Å². The fourth-order valence-electron chi connectivity index (χ4n) is 3.00. The Kier molecular flexibility index (Phi) is 3.23. The fourth-order valence-corrected chi connectivity index (χ4v) is 4.01. The maximum Gasteiger partial charge on any atom is 0.284 e. The Morgan fingerprint density at radius 3 is 2.39 bits per heavy atom. The van der Waals surface area contributed by atoms with Crippen LogP contribution in [0.15, 0.2) is 54.1 Å². The summed E-state index contributed by atoms with van der Waals surface area (Å²) in [5, 5.41) is 2.40. The Balaban J connectivity index is 1.84. The van der Waals surface area contributed by atoms with E-state index in [0.717, 1.165) is 28.6 Å². The molecule has 4 nitrogen and oxygen atoms in total. The van der Waals surface area contributed by atoms with Crippen LogP contribution in [0.25, 0.3) is 5.70 Å². The van der Waals surface area contributed by atoms with Crippen LogP contribution >= 0.6 is 11.8 Å². The van der Waals surface area contributed by atoms with Crippen LogP contribution < -0.4 is 10.1 Å². The van der Waals surface area contributed by atoms with Crippen LogP contribution in [-0.4, -0.2) is 18.1 Å². The summed E-state index contributed by atoms with van der Waals surface area (Å²) >= 11 is 1.13. The molecule has 0 aromatic heterocycles. The second-order valence-electron chi connectivity index (χ2n) is 5.35. The van der Waals surface area contributed by atoms with E-state index in [1.54, 1.807) is 13.2 Å². The number of benzene rings is 2. The highest BCUT2D eigenvalue weighted by Gasteiger charge is 2.40. The molecule has 114 valence electrons. The number of ether oxygens (including phenoxy) is 1. The van der Waals surface area contributed by atoms with Crippen LogP contribution in [0.3, 0.4) is 0 Å². The van der Waals surface area contributed by atoms with E-state index in [1.807, 2.05) is 42.5 Å². The SMILES string of the molecule is COc1ccc(C2SC(=O)NC3=C2C(=O)c2ccccc23)cc1. The fraction of sp³-hybridized carbons (Fsp3) is 0.111. The highest BCUT2D eigenvalue weighted by atomic mass is 32.2. The maximum atomic E-state index is 12.8. The van der Waals surface area contributed by atoms with Gasteiger partial charge >= 0.3 is 0 Å². The average Bonchev–Trinajstić information content (AvgIpc) is 2.87. The molecule has 0 bridgehead atoms. The lowest BCUT2D eigenvalue weighted by atomic mass is 10.0. The zero-order chi connectivity index (χ0) is 16.0. The number of hydrogen-bond donors (Lipinski definition) is 1. The molecule has 1 amide bonds. The molecular weight excluding hydrogens is 310 g/mol. The molecule has 1 aliphatic heterocycles. The van der Waals surface area contributed by atoms with E-state index in [9.17, 15) is 9.59 Å². The standard InChI is InChI=1S/C18H13NO3S/c1-22-11-8-6-10(7-9-11)17-14-15(19-18(21)23-17)12-4-2-3-5-13(12)16(14)20/h2-9,17H,1H3,(H,19,21). The predicted molar refractivity (Wildman–Crippen MR) is 89.6 cm³/mol. The summed E-state index contributed by atoms with van der Waals surface area (Å²) in [7, 11) is 1.61. The van der Waals surface area contributed by atoms with E-state index in [1.165, 1.54) is 0 Å². The lowest BCUT2D eigenvalue weighted by Gasteiger charge is -2.24. The number of ketones is 1. The first-order chi connectivity index (χ1) is 11.2. The second-order valence-corrected chi connectivity index (χ2v) is 6.42. The molecular formula is C18H13NO3S. The molecule has 0 radical (unpaired) electrons. The number of carbonyl (C=O) groups is 2. The number of methoxy groups -OCH3 is 1. The molecule has 5 heteroatoms. The lowest BCUT2D eigenvalue weighted by Crippen LogP contribution is -2.25. The van der Waals surface area contributed by atoms with Crippen molar-refractivity contribution in [2.75, 3.05) is 7.11 Å². The summed E-state index contributed by atoms with van der Waals surface area (Å²) in [6.45, 7) is 0. The first-order valence-corrected chi connectivity index (χ1v) is 8.07. The summed E-state index contributed by atoms with van der Waals surface area (Å²) in [6.07, 6.45) is 0. The number of nitrogens with one attached hydrogen (secondary N) is 1. The van der Waals surface area contributed by atoms with E-state index in [2.05, 4.69) is 5.32 Å². The van der Waals surface area contributed by atoms with Crippen LogP contribution in [-0.2, 0) is 0 Å². The zero-order valence-electron chi connectivity index (χ0n) is 12.3. The Morgan fingerprint density at radius 1 is 1.00 bits per heavy atom. The second kappa shape index (κ2) is 5.28. The van der Waals surface area contributed by atoms with Gasteiger partial charge in [-0.15, -0.1) is 0 Å². The Hall–Kier alpha value is -2.53. The number of hydrogen-bond acceptors (Lipinski definition) is 4. The smallest absolute Gasteiger partial charge is 0.284 e. The number of thioether (sulfide) groups is 1. The van der Waals surface area contributed by atoms with Crippen LogP contribution in [0.4, 0.5) is 4.79 Å². The van der Waals surface area contributed by atoms with Crippen molar-refractivity contribution in [3.63, 3.8) is 0 Å². The number of fused-ring (bicyclic) bond motifs is 2. The molecule has 23 heavy (non-hydrogen) atoms. The number of carbonyl (C=O) groups excluding carboxylic acids is 2. The summed E-state index contributed by atoms with van der Waals surface area (Å²) in [4.78, 5) is 24.9. The lowest BCUT2D eigenvalue weighted by molar-refractivity contribution is 0.103. The summed E-state index contributed by atoms with van der Waals surface area (Å²) in [5.74, 6) is 0.734. The number of rotatable bonds is 2. The predicted octanol–water partition coefficient (Wildman–Crippen LogP) is 3.80. The molecule has 1 unspecified atom stereocenters. The van der Waals surface area contributed by atoms with Crippen molar-refractivity contribution >= 4 is 28.5 Å². The van der Waals surface area contributed by atoms with Crippen molar-refractivity contribution in [2.24, 2.45) is 0 Å². The Labute approximate surface area is 137 Å². The van der Waals surface area contributed by atoms with Crippen molar-refractivity contribution in [3.8, 4) is 5.75 Å². The van der Waals surface area contributed by atoms with E-state index in [4.69, 9.17) is 4.74 Å². The van der Waals surface area contributed by atoms with Crippen molar-refractivity contribution < 1.29 is 14.3 Å². The summed E-state index contributed by atoms with van der Waals surface area (Å²) in [6, 6.07) is 14.9. The van der Waals surface area contributed by atoms with Gasteiger partial charge in [0.25, 0.3) is 5.24 Å². The molecule has 0 fully saturated rings. The van der Waals surface area contributed by atoms with Gasteiger partial charge in [-0.3, -0.25) is 9.59 Å². The van der Waals surface area contributed by atoms with Crippen LogP contribution in [0.5, 0.6) is 5.75 Å². The quantitative estimate of drug-likeness (QED) is 0.913. The van der Waals surface area contributed by atoms with Crippen molar-refractivity contribution in [1.82, 2.24) is 5.32 Å². The monoisotopic (exact) mass is 323 g/mol. The Morgan fingerprint density at radius 2 is 1.70 bits per heavy atom. The molecule has 0 saturated carbocycles. The van der Waals surface area contributed by atoms with Crippen molar-refractivity contribution in [1.29, 1.82) is 0 Å². The molecule has 1 N–H and O–H groups in total. The summed E-state index contributed by atoms with van der Waals surface area (Å²) in [5.41, 5.74) is 3.67. The van der Waals surface area contributed by atoms with Gasteiger partial charge < -0.3 is 10.1 Å². The third-order valence-corrected chi connectivity index (χ3v) is 5.15. The number of Topliss-reactive ketones (excluding diaryl/α,β-unsaturated/α-hetero) is 1. The topological polar surface area (TPSA) is 55.4 Å². The molecule has 1 aliphatic carbocycles. The highest BCUT2D eigenvalue weighted by Crippen LogP contribution is 2.48. The molecule has 2 aromatic rings. The molecule has 0 saturated heterocycles. The van der Waals surface area contributed by atoms with Gasteiger partial charge in [0.2, 0.25) is 0 Å². The van der Waals surface area contributed by atoms with Gasteiger partial charge in [0, 0.05) is 16.7 Å². The minimum Gasteiger partial charge on any atom is -0.497 e. The van der Waals surface area contributed by atoms with Crippen LogP contribution in [0.1, 0.15) is 26.7 Å². The van der Waals surface area contributed by atoms with Gasteiger partial charge in [-0.1, -0.05) is 48.2 Å². The number of amides is 1. The maximum absolute atomic E-state index is 12.8. The van der Waals surface area contributed by atoms with Crippen LogP contribution in [0.2, 0.25) is 0 Å². The van der Waals surface area contributed by atoms with E-state index < -0.39 is 0 Å². The van der Waals surface area contributed by atoms with Crippen molar-refractivity contribution in [2.45, 2.75) is 5.25 Å². The molecule has 4 rings (SSSR count). The van der Waals surface area contributed by atoms with E-state index >= 15 is 0 Å². The average molecular weight is 323 g/mol. The normalized spacial score (nSPS) is 19.3. The van der Waals surface area contributed by atoms with Gasteiger partial charge in [-0.05, 0) is 17.7 Å². The minimum absolute atomic E-state index is 0.0103. The molecule has 1 atom stereocenters. The van der Waals surface area contributed by atoms with Gasteiger partial charge in [0.1, 0.15) is 5.75 Å². The zero-order valence-corrected chi connectivity index (χ0v) is 13.1. The summed E-state index contributed by atoms with van der Waals surface area (Å²) < 4.78 is 5.17. The first kappa shape index (κ1) is 14.1. The van der Waals surface area contributed by atoms with Gasteiger partial charge in [-0.25, -0.2) is 0 Å². The first-order valence-electron chi connectivity index (χ1n) is 7.19. The molecule has 1 heterocycles. The largest absolute Gasteiger partial charge is 0.497 e. The Bertz CT molecular complexity index is 855. The van der Waals surface area contributed by atoms with Crippen LogP contribution in [0, 0.1) is 0 Å². The molecule has 2 aromatic carbocycles. The van der Waals surface area contributed by atoms with Gasteiger partial charge in [-0.2, -0.15) is 0 Å². The molecule has 2 aliphatic rings.